The van der Waals surface area contributed by atoms with Gasteiger partial charge in [0.05, 0.1) is 12.2 Å². The molecule has 1 aliphatic heterocycles. The smallest absolute Gasteiger partial charge is 0.119 e. The third kappa shape index (κ3) is 3.95. The fraction of sp³-hybridized carbons (Fsp3) is 0.944. The zero-order valence-electron chi connectivity index (χ0n) is 14.5. The predicted molar refractivity (Wildman–Crippen MR) is 86.6 cm³/mol. The standard InChI is InChI=1S/C18H27F4N3/c1-9-2-15(21)17(16(22)3-9)11-7-24-18(25-8-11)10-4-13(19)12(6-23)14(20)5-10/h9-18,24-25H,2-5,7-8H2,1H3. The maximum absolute atomic E-state index is 14.3. The van der Waals surface area contributed by atoms with Gasteiger partial charge in [0.15, 0.2) is 0 Å². The molecule has 1 saturated heterocycles. The summed E-state index contributed by atoms with van der Waals surface area (Å²) in [5.41, 5.74) is 0. The molecule has 7 heteroatoms. The highest BCUT2D eigenvalue weighted by atomic mass is 19.2. The summed E-state index contributed by atoms with van der Waals surface area (Å²) in [6.07, 6.45) is -4.42. The third-order valence-electron chi connectivity index (χ3n) is 6.29. The Kier molecular flexibility index (Phi) is 5.89. The quantitative estimate of drug-likeness (QED) is 0.743. The highest BCUT2D eigenvalue weighted by Crippen LogP contribution is 2.39. The molecular formula is C18H27F4N3. The molecule has 0 radical (unpaired) electrons. The van der Waals surface area contributed by atoms with Crippen LogP contribution in [-0.2, 0) is 0 Å². The number of hydrogen-bond donors (Lipinski definition) is 2. The zero-order valence-corrected chi connectivity index (χ0v) is 14.5. The fourth-order valence-corrected chi connectivity index (χ4v) is 4.93. The number of nitriles is 1. The molecule has 4 unspecified atom stereocenters. The summed E-state index contributed by atoms with van der Waals surface area (Å²) in [6, 6.07) is 1.72. The van der Waals surface area contributed by atoms with Crippen molar-refractivity contribution < 1.29 is 17.6 Å². The van der Waals surface area contributed by atoms with E-state index in [1.54, 1.807) is 6.07 Å². The van der Waals surface area contributed by atoms with Crippen LogP contribution >= 0.6 is 0 Å². The fourth-order valence-electron chi connectivity index (χ4n) is 4.93. The van der Waals surface area contributed by atoms with E-state index >= 15 is 0 Å². The molecule has 2 N–H and O–H groups in total. The molecule has 1 heterocycles. The van der Waals surface area contributed by atoms with E-state index in [1.807, 2.05) is 6.92 Å². The minimum absolute atomic E-state index is 0.0665. The van der Waals surface area contributed by atoms with Crippen LogP contribution in [0.3, 0.4) is 0 Å². The van der Waals surface area contributed by atoms with E-state index in [0.717, 1.165) is 0 Å². The molecule has 3 nitrogen and oxygen atoms in total. The van der Waals surface area contributed by atoms with E-state index in [-0.39, 0.29) is 36.8 Å². The lowest BCUT2D eigenvalue weighted by atomic mass is 9.72. The van der Waals surface area contributed by atoms with E-state index in [1.165, 1.54) is 0 Å². The summed E-state index contributed by atoms with van der Waals surface area (Å²) in [4.78, 5) is 0. The van der Waals surface area contributed by atoms with Crippen LogP contribution in [0.25, 0.3) is 0 Å². The monoisotopic (exact) mass is 361 g/mol. The molecule has 25 heavy (non-hydrogen) atoms. The zero-order chi connectivity index (χ0) is 18.1. The van der Waals surface area contributed by atoms with Crippen molar-refractivity contribution in [2.75, 3.05) is 13.1 Å². The van der Waals surface area contributed by atoms with Crippen molar-refractivity contribution in [2.45, 2.75) is 63.5 Å². The summed E-state index contributed by atoms with van der Waals surface area (Å²) in [7, 11) is 0. The highest BCUT2D eigenvalue weighted by molar-refractivity contribution is 5.01. The van der Waals surface area contributed by atoms with Gasteiger partial charge in [-0.15, -0.1) is 0 Å². The van der Waals surface area contributed by atoms with E-state index < -0.39 is 36.5 Å². The van der Waals surface area contributed by atoms with Crippen LogP contribution in [0.5, 0.6) is 0 Å². The van der Waals surface area contributed by atoms with Gasteiger partial charge in [0.2, 0.25) is 0 Å². The average Bonchev–Trinajstić information content (AvgIpc) is 2.54. The first-order chi connectivity index (χ1) is 11.9. The van der Waals surface area contributed by atoms with Gasteiger partial charge >= 0.3 is 0 Å². The van der Waals surface area contributed by atoms with Gasteiger partial charge in [-0.25, -0.2) is 17.6 Å². The average molecular weight is 361 g/mol. The van der Waals surface area contributed by atoms with Crippen LogP contribution in [0, 0.1) is 40.9 Å². The maximum atomic E-state index is 14.3. The number of nitrogens with zero attached hydrogens (tertiary/aromatic N) is 1. The van der Waals surface area contributed by atoms with Crippen LogP contribution in [0.2, 0.25) is 0 Å². The second kappa shape index (κ2) is 7.79. The first-order valence-electron chi connectivity index (χ1n) is 9.33. The van der Waals surface area contributed by atoms with Gasteiger partial charge in [-0.05, 0) is 43.4 Å². The molecule has 3 fully saturated rings. The van der Waals surface area contributed by atoms with Gasteiger partial charge < -0.3 is 10.6 Å². The molecule has 3 rings (SSSR count). The minimum atomic E-state index is -1.47. The van der Waals surface area contributed by atoms with Crippen LogP contribution in [-0.4, -0.2) is 43.9 Å². The minimum Gasteiger partial charge on any atom is -0.301 e. The summed E-state index contributed by atoms with van der Waals surface area (Å²) in [5.74, 6) is -2.15. The summed E-state index contributed by atoms with van der Waals surface area (Å²) < 4.78 is 56.7. The van der Waals surface area contributed by atoms with Crippen LogP contribution in [0.1, 0.15) is 32.6 Å². The van der Waals surface area contributed by atoms with E-state index in [0.29, 0.717) is 25.9 Å². The summed E-state index contributed by atoms with van der Waals surface area (Å²) in [6.45, 7) is 2.77. The Hall–Kier alpha value is -0.870. The van der Waals surface area contributed by atoms with Crippen LogP contribution < -0.4 is 10.6 Å². The Bertz CT molecular complexity index is 467. The first-order valence-corrected chi connectivity index (χ1v) is 9.33. The van der Waals surface area contributed by atoms with Crippen molar-refractivity contribution in [1.82, 2.24) is 10.6 Å². The van der Waals surface area contributed by atoms with Gasteiger partial charge in [-0.1, -0.05) is 6.92 Å². The molecule has 0 bridgehead atoms. The Morgan fingerprint density at radius 1 is 0.800 bits per heavy atom. The predicted octanol–water partition coefficient (Wildman–Crippen LogP) is 3.07. The second-order valence-corrected chi connectivity index (χ2v) is 8.16. The van der Waals surface area contributed by atoms with Crippen molar-refractivity contribution in [1.29, 1.82) is 5.26 Å². The molecule has 0 aromatic carbocycles. The highest BCUT2D eigenvalue weighted by Gasteiger charge is 2.45. The lowest BCUT2D eigenvalue weighted by Gasteiger charge is -2.44. The number of hydrogen-bond acceptors (Lipinski definition) is 3. The van der Waals surface area contributed by atoms with Gasteiger partial charge in [0, 0.05) is 19.0 Å². The molecule has 142 valence electrons. The largest absolute Gasteiger partial charge is 0.301 e. The maximum Gasteiger partial charge on any atom is 0.119 e. The lowest BCUT2D eigenvalue weighted by Crippen LogP contribution is -2.61. The topological polar surface area (TPSA) is 47.9 Å². The van der Waals surface area contributed by atoms with Crippen molar-refractivity contribution in [3.05, 3.63) is 0 Å². The molecular weight excluding hydrogens is 334 g/mol. The lowest BCUT2D eigenvalue weighted by molar-refractivity contribution is -0.00436. The molecule has 0 spiro atoms. The second-order valence-electron chi connectivity index (χ2n) is 8.16. The van der Waals surface area contributed by atoms with E-state index in [9.17, 15) is 17.6 Å². The van der Waals surface area contributed by atoms with Crippen molar-refractivity contribution in [3.8, 4) is 6.07 Å². The Balaban J connectivity index is 1.55. The molecule has 2 aliphatic carbocycles. The van der Waals surface area contributed by atoms with Gasteiger partial charge in [-0.2, -0.15) is 5.26 Å². The number of nitrogens with one attached hydrogen (secondary N) is 2. The Morgan fingerprint density at radius 2 is 1.32 bits per heavy atom. The first kappa shape index (κ1) is 18.9. The van der Waals surface area contributed by atoms with Gasteiger partial charge in [0.25, 0.3) is 0 Å². The molecule has 2 saturated carbocycles. The van der Waals surface area contributed by atoms with Crippen LogP contribution in [0.15, 0.2) is 0 Å². The Morgan fingerprint density at radius 3 is 1.80 bits per heavy atom. The van der Waals surface area contributed by atoms with Gasteiger partial charge in [-0.3, -0.25) is 0 Å². The van der Waals surface area contributed by atoms with E-state index in [4.69, 9.17) is 5.26 Å². The van der Waals surface area contributed by atoms with Crippen molar-refractivity contribution >= 4 is 0 Å². The van der Waals surface area contributed by atoms with E-state index in [2.05, 4.69) is 10.6 Å². The molecule has 0 amide bonds. The SMILES string of the molecule is CC1CC(F)C(C2CNC(C3CC(F)C(C#N)C(F)C3)NC2)C(F)C1. The molecule has 4 atom stereocenters. The molecule has 0 aromatic heterocycles. The van der Waals surface area contributed by atoms with Crippen molar-refractivity contribution in [2.24, 2.45) is 29.6 Å². The number of halogens is 4. The molecule has 3 aliphatic rings. The number of rotatable bonds is 2. The normalized spacial score (nSPS) is 51.7. The van der Waals surface area contributed by atoms with Gasteiger partial charge in [0.1, 0.15) is 30.6 Å². The summed E-state index contributed by atoms with van der Waals surface area (Å²) in [5, 5.41) is 15.2. The Labute approximate surface area is 146 Å². The number of alkyl halides is 4. The molecule has 0 aromatic rings. The van der Waals surface area contributed by atoms with Crippen LogP contribution in [0.4, 0.5) is 17.6 Å². The summed E-state index contributed by atoms with van der Waals surface area (Å²) >= 11 is 0. The van der Waals surface area contributed by atoms with Crippen molar-refractivity contribution in [3.63, 3.8) is 0 Å². The third-order valence-corrected chi connectivity index (χ3v) is 6.29.